The first-order chi connectivity index (χ1) is 11.9. The first-order valence-electron chi connectivity index (χ1n) is 7.21. The summed E-state index contributed by atoms with van der Waals surface area (Å²) < 4.78 is 63.0. The number of methoxy groups -OCH3 is 2. The Morgan fingerprint density at radius 2 is 1.64 bits per heavy atom. The summed E-state index contributed by atoms with van der Waals surface area (Å²) in [6.45, 7) is 0.0639. The zero-order valence-electron chi connectivity index (χ0n) is 13.5. The van der Waals surface area contributed by atoms with Gasteiger partial charge >= 0.3 is 0 Å². The molecule has 0 saturated carbocycles. The molecular formula is C17H15F4NO3. The number of nitrogens with one attached hydrogen (secondary N) is 1. The van der Waals surface area contributed by atoms with E-state index in [0.29, 0.717) is 24.0 Å². The van der Waals surface area contributed by atoms with Crippen LogP contribution in [0.25, 0.3) is 0 Å². The smallest absolute Gasteiger partial charge is 0.254 e. The van der Waals surface area contributed by atoms with Crippen molar-refractivity contribution >= 4 is 5.91 Å². The molecule has 0 radical (unpaired) electrons. The molecule has 0 bridgehead atoms. The molecule has 2 rings (SSSR count). The van der Waals surface area contributed by atoms with E-state index in [0.717, 1.165) is 5.56 Å². The standard InChI is InChI=1S/C17H15F4NO3/c1-24-12-4-3-9(7-13(12)25-2)5-6-22-17(23)10-8-11(18)15(20)16(21)14(10)19/h3-4,7-8H,5-6H2,1-2H3,(H,22,23). The average Bonchev–Trinajstić information content (AvgIpc) is 2.62. The van der Waals surface area contributed by atoms with Crippen molar-refractivity contribution in [3.63, 3.8) is 0 Å². The van der Waals surface area contributed by atoms with Crippen molar-refractivity contribution in [2.75, 3.05) is 20.8 Å². The Morgan fingerprint density at radius 1 is 0.960 bits per heavy atom. The van der Waals surface area contributed by atoms with E-state index in [2.05, 4.69) is 5.32 Å². The predicted molar refractivity (Wildman–Crippen MR) is 81.9 cm³/mol. The molecule has 0 saturated heterocycles. The van der Waals surface area contributed by atoms with Crippen LogP contribution in [-0.4, -0.2) is 26.7 Å². The van der Waals surface area contributed by atoms with Gasteiger partial charge in [0.2, 0.25) is 0 Å². The number of halogens is 4. The summed E-state index contributed by atoms with van der Waals surface area (Å²) in [7, 11) is 2.97. The lowest BCUT2D eigenvalue weighted by Gasteiger charge is -2.10. The Kier molecular flexibility index (Phi) is 5.84. The van der Waals surface area contributed by atoms with Crippen LogP contribution in [0.5, 0.6) is 11.5 Å². The Bertz CT molecular complexity index is 796. The Labute approximate surface area is 141 Å². The average molecular weight is 357 g/mol. The van der Waals surface area contributed by atoms with Crippen molar-refractivity contribution in [3.8, 4) is 11.5 Å². The first kappa shape index (κ1) is 18.6. The summed E-state index contributed by atoms with van der Waals surface area (Å²) in [5.41, 5.74) is -0.112. The number of hydrogen-bond donors (Lipinski definition) is 1. The fourth-order valence-electron chi connectivity index (χ4n) is 2.19. The monoisotopic (exact) mass is 357 g/mol. The Morgan fingerprint density at radius 3 is 2.28 bits per heavy atom. The number of benzene rings is 2. The molecular weight excluding hydrogens is 342 g/mol. The number of carbonyl (C=O) groups excluding carboxylic acids is 1. The third-order valence-electron chi connectivity index (χ3n) is 3.49. The predicted octanol–water partition coefficient (Wildman–Crippen LogP) is 3.23. The molecule has 1 N–H and O–H groups in total. The van der Waals surface area contributed by atoms with E-state index in [1.54, 1.807) is 18.2 Å². The molecule has 1 amide bonds. The lowest BCUT2D eigenvalue weighted by molar-refractivity contribution is 0.0948. The molecule has 2 aromatic carbocycles. The summed E-state index contributed by atoms with van der Waals surface area (Å²) in [4.78, 5) is 11.8. The zero-order chi connectivity index (χ0) is 18.6. The van der Waals surface area contributed by atoms with Gasteiger partial charge in [0, 0.05) is 6.54 Å². The fourth-order valence-corrected chi connectivity index (χ4v) is 2.19. The van der Waals surface area contributed by atoms with Crippen LogP contribution in [0.3, 0.4) is 0 Å². The van der Waals surface area contributed by atoms with Crippen molar-refractivity contribution < 1.29 is 31.8 Å². The molecule has 0 aliphatic heterocycles. The third-order valence-corrected chi connectivity index (χ3v) is 3.49. The molecule has 0 fully saturated rings. The van der Waals surface area contributed by atoms with E-state index < -0.39 is 34.7 Å². The van der Waals surface area contributed by atoms with Crippen LogP contribution >= 0.6 is 0 Å². The minimum atomic E-state index is -2.02. The second kappa shape index (κ2) is 7.87. The fraction of sp³-hybridized carbons (Fsp3) is 0.235. The van der Waals surface area contributed by atoms with Gasteiger partial charge in [-0.3, -0.25) is 4.79 Å². The van der Waals surface area contributed by atoms with Crippen LogP contribution in [0, 0.1) is 23.3 Å². The van der Waals surface area contributed by atoms with Gasteiger partial charge in [-0.1, -0.05) is 6.07 Å². The summed E-state index contributed by atoms with van der Waals surface area (Å²) in [5, 5.41) is 2.32. The van der Waals surface area contributed by atoms with Gasteiger partial charge in [-0.25, -0.2) is 17.6 Å². The normalized spacial score (nSPS) is 10.5. The summed E-state index contributed by atoms with van der Waals surface area (Å²) in [6.07, 6.45) is 0.347. The maximum atomic E-state index is 13.6. The lowest BCUT2D eigenvalue weighted by atomic mass is 10.1. The summed E-state index contributed by atoms with van der Waals surface area (Å²) in [6, 6.07) is 5.44. The van der Waals surface area contributed by atoms with Gasteiger partial charge in [-0.2, -0.15) is 0 Å². The topological polar surface area (TPSA) is 47.6 Å². The number of amides is 1. The molecule has 25 heavy (non-hydrogen) atoms. The number of hydrogen-bond acceptors (Lipinski definition) is 3. The number of carbonyl (C=O) groups is 1. The van der Waals surface area contributed by atoms with Crippen molar-refractivity contribution in [3.05, 3.63) is 58.7 Å². The third kappa shape index (κ3) is 4.01. The van der Waals surface area contributed by atoms with E-state index >= 15 is 0 Å². The van der Waals surface area contributed by atoms with Crippen LogP contribution in [0.15, 0.2) is 24.3 Å². The minimum absolute atomic E-state index is 0.0639. The van der Waals surface area contributed by atoms with Gasteiger partial charge in [0.1, 0.15) is 0 Å². The molecule has 0 aliphatic carbocycles. The highest BCUT2D eigenvalue weighted by molar-refractivity contribution is 5.94. The second-order valence-electron chi connectivity index (χ2n) is 5.04. The molecule has 8 heteroatoms. The van der Waals surface area contributed by atoms with Crippen molar-refractivity contribution in [1.29, 1.82) is 0 Å². The molecule has 4 nitrogen and oxygen atoms in total. The Hall–Kier alpha value is -2.77. The molecule has 0 aromatic heterocycles. The van der Waals surface area contributed by atoms with Gasteiger partial charge < -0.3 is 14.8 Å². The van der Waals surface area contributed by atoms with Gasteiger partial charge in [0.25, 0.3) is 5.91 Å². The molecule has 0 heterocycles. The number of rotatable bonds is 6. The summed E-state index contributed by atoms with van der Waals surface area (Å²) >= 11 is 0. The van der Waals surface area contributed by atoms with Crippen LogP contribution in [0.4, 0.5) is 17.6 Å². The van der Waals surface area contributed by atoms with Crippen LogP contribution < -0.4 is 14.8 Å². The molecule has 134 valence electrons. The first-order valence-corrected chi connectivity index (χ1v) is 7.21. The largest absolute Gasteiger partial charge is 0.493 e. The van der Waals surface area contributed by atoms with Crippen molar-refractivity contribution in [1.82, 2.24) is 5.32 Å². The molecule has 0 spiro atoms. The highest BCUT2D eigenvalue weighted by atomic mass is 19.2. The van der Waals surface area contributed by atoms with Gasteiger partial charge in [-0.05, 0) is 30.2 Å². The zero-order valence-corrected chi connectivity index (χ0v) is 13.5. The van der Waals surface area contributed by atoms with Crippen LogP contribution in [0.2, 0.25) is 0 Å². The van der Waals surface area contributed by atoms with Crippen molar-refractivity contribution in [2.24, 2.45) is 0 Å². The summed E-state index contributed by atoms with van der Waals surface area (Å²) in [5.74, 6) is -7.36. The maximum Gasteiger partial charge on any atom is 0.254 e. The second-order valence-corrected chi connectivity index (χ2v) is 5.04. The Balaban J connectivity index is 2.04. The van der Waals surface area contributed by atoms with Gasteiger partial charge in [0.15, 0.2) is 34.8 Å². The van der Waals surface area contributed by atoms with Gasteiger partial charge in [-0.15, -0.1) is 0 Å². The number of ether oxygens (including phenoxy) is 2. The molecule has 0 aliphatic rings. The lowest BCUT2D eigenvalue weighted by Crippen LogP contribution is -2.27. The SMILES string of the molecule is COc1ccc(CCNC(=O)c2cc(F)c(F)c(F)c2F)cc1OC. The van der Waals surface area contributed by atoms with Gasteiger partial charge in [0.05, 0.1) is 19.8 Å². The van der Waals surface area contributed by atoms with E-state index in [9.17, 15) is 22.4 Å². The molecule has 0 atom stereocenters. The van der Waals surface area contributed by atoms with Crippen LogP contribution in [-0.2, 0) is 6.42 Å². The van der Waals surface area contributed by atoms with E-state index in [1.165, 1.54) is 14.2 Å². The molecule has 2 aromatic rings. The van der Waals surface area contributed by atoms with E-state index in [-0.39, 0.29) is 6.54 Å². The highest BCUT2D eigenvalue weighted by Gasteiger charge is 2.22. The van der Waals surface area contributed by atoms with Crippen molar-refractivity contribution in [2.45, 2.75) is 6.42 Å². The quantitative estimate of drug-likeness (QED) is 0.491. The minimum Gasteiger partial charge on any atom is -0.493 e. The van der Waals surface area contributed by atoms with E-state index in [4.69, 9.17) is 9.47 Å². The molecule has 0 unspecified atom stereocenters. The van der Waals surface area contributed by atoms with E-state index in [1.807, 2.05) is 0 Å². The van der Waals surface area contributed by atoms with Crippen LogP contribution in [0.1, 0.15) is 15.9 Å². The maximum absolute atomic E-state index is 13.6. The highest BCUT2D eigenvalue weighted by Crippen LogP contribution is 2.27.